The number of nitrogens with one attached hydrogen (secondary N) is 2. The Bertz CT molecular complexity index is 516. The molecule has 1 aliphatic rings. The Morgan fingerprint density at radius 1 is 1.37 bits per heavy atom. The summed E-state index contributed by atoms with van der Waals surface area (Å²) in [7, 11) is -3.35. The van der Waals surface area contributed by atoms with Crippen LogP contribution in [-0.2, 0) is 16.6 Å². The summed E-state index contributed by atoms with van der Waals surface area (Å²) in [5, 5.41) is 11.8. The minimum absolute atomic E-state index is 0.0343. The van der Waals surface area contributed by atoms with Crippen LogP contribution in [0.25, 0.3) is 0 Å². The summed E-state index contributed by atoms with van der Waals surface area (Å²) >= 11 is 0. The van der Waals surface area contributed by atoms with E-state index in [1.54, 1.807) is 0 Å². The van der Waals surface area contributed by atoms with Gasteiger partial charge in [0.15, 0.2) is 0 Å². The van der Waals surface area contributed by atoms with E-state index in [0.29, 0.717) is 13.0 Å². The average Bonchev–Trinajstić information content (AvgIpc) is 2.56. The molecule has 0 radical (unpaired) electrons. The van der Waals surface area contributed by atoms with Crippen LogP contribution >= 0.6 is 0 Å². The van der Waals surface area contributed by atoms with Crippen molar-refractivity contribution >= 4 is 10.0 Å². The topological polar surface area (TPSA) is 84.2 Å². The molecule has 1 aromatic carbocycles. The molecule has 1 atom stereocenters. The molecule has 2 rings (SSSR count). The number of hydrogen-bond donors (Lipinski definition) is 3. The molecule has 106 valence electrons. The van der Waals surface area contributed by atoms with Crippen LogP contribution in [0, 0.1) is 0 Å². The Kier molecular flexibility index (Phi) is 4.93. The summed E-state index contributed by atoms with van der Waals surface area (Å²) in [4.78, 5) is 0. The van der Waals surface area contributed by atoms with Crippen LogP contribution < -0.4 is 15.8 Å². The van der Waals surface area contributed by atoms with Gasteiger partial charge in [-0.25, -0.2) is 13.6 Å². The molecule has 1 heterocycles. The quantitative estimate of drug-likeness (QED) is 0.687. The fourth-order valence-electron chi connectivity index (χ4n) is 2.42. The van der Waals surface area contributed by atoms with Crippen molar-refractivity contribution in [3.05, 3.63) is 35.4 Å². The maximum Gasteiger partial charge on any atom is 0.209 e. The van der Waals surface area contributed by atoms with Gasteiger partial charge in [-0.15, -0.1) is 0 Å². The van der Waals surface area contributed by atoms with Crippen molar-refractivity contribution in [2.45, 2.75) is 25.4 Å². The second kappa shape index (κ2) is 6.47. The van der Waals surface area contributed by atoms with Crippen molar-refractivity contribution < 1.29 is 8.42 Å². The van der Waals surface area contributed by atoms with Crippen molar-refractivity contribution in [3.63, 3.8) is 0 Å². The van der Waals surface area contributed by atoms with Gasteiger partial charge < -0.3 is 10.6 Å². The highest BCUT2D eigenvalue weighted by molar-refractivity contribution is 7.89. The third-order valence-corrected chi connectivity index (χ3v) is 4.21. The molecule has 6 heteroatoms. The standard InChI is InChI=1S/C13H21N3O2S/c14-19(17,18)9-3-7-16-13-6-8-15-10-11-4-1-2-5-12(11)13/h1-2,4-5,13,15-16H,3,6-10H2,(H2,14,17,18). The second-order valence-electron chi connectivity index (χ2n) is 4.89. The van der Waals surface area contributed by atoms with Gasteiger partial charge in [0.05, 0.1) is 5.75 Å². The highest BCUT2D eigenvalue weighted by atomic mass is 32.2. The molecule has 1 aliphatic heterocycles. The molecule has 0 aromatic heterocycles. The predicted molar refractivity (Wildman–Crippen MR) is 76.1 cm³/mol. The molecule has 1 aromatic rings. The molecule has 0 aliphatic carbocycles. The normalized spacial score (nSPS) is 19.7. The molecular weight excluding hydrogens is 262 g/mol. The lowest BCUT2D eigenvalue weighted by atomic mass is 9.99. The molecule has 0 spiro atoms. The third-order valence-electron chi connectivity index (χ3n) is 3.35. The Labute approximate surface area is 114 Å². The Balaban J connectivity index is 1.93. The summed E-state index contributed by atoms with van der Waals surface area (Å²) < 4.78 is 21.8. The van der Waals surface area contributed by atoms with E-state index in [2.05, 4.69) is 22.8 Å². The maximum absolute atomic E-state index is 10.9. The first-order valence-corrected chi connectivity index (χ1v) is 8.30. The average molecular weight is 283 g/mol. The van der Waals surface area contributed by atoms with E-state index in [-0.39, 0.29) is 11.8 Å². The summed E-state index contributed by atoms with van der Waals surface area (Å²) in [6.45, 7) is 2.52. The highest BCUT2D eigenvalue weighted by Gasteiger charge is 2.17. The van der Waals surface area contributed by atoms with Crippen molar-refractivity contribution in [1.82, 2.24) is 10.6 Å². The fourth-order valence-corrected chi connectivity index (χ4v) is 2.97. The fraction of sp³-hybridized carbons (Fsp3) is 0.538. The number of rotatable bonds is 5. The predicted octanol–water partition coefficient (Wildman–Crippen LogP) is 0.489. The van der Waals surface area contributed by atoms with Crippen LogP contribution in [-0.4, -0.2) is 27.3 Å². The Hall–Kier alpha value is -0.950. The zero-order valence-electron chi connectivity index (χ0n) is 10.9. The van der Waals surface area contributed by atoms with Gasteiger partial charge in [0.1, 0.15) is 0 Å². The molecule has 1 unspecified atom stereocenters. The van der Waals surface area contributed by atoms with E-state index >= 15 is 0 Å². The van der Waals surface area contributed by atoms with E-state index < -0.39 is 10.0 Å². The van der Waals surface area contributed by atoms with Crippen molar-refractivity contribution in [3.8, 4) is 0 Å². The van der Waals surface area contributed by atoms with Crippen LogP contribution in [0.5, 0.6) is 0 Å². The first-order chi connectivity index (χ1) is 9.06. The molecule has 19 heavy (non-hydrogen) atoms. The van der Waals surface area contributed by atoms with E-state index in [1.807, 2.05) is 12.1 Å². The van der Waals surface area contributed by atoms with Crippen molar-refractivity contribution in [2.75, 3.05) is 18.8 Å². The van der Waals surface area contributed by atoms with E-state index in [1.165, 1.54) is 11.1 Å². The minimum atomic E-state index is -3.35. The van der Waals surface area contributed by atoms with Crippen molar-refractivity contribution in [1.29, 1.82) is 0 Å². The molecule has 0 saturated heterocycles. The number of primary sulfonamides is 1. The maximum atomic E-state index is 10.9. The van der Waals surface area contributed by atoms with Crippen LogP contribution in [0.4, 0.5) is 0 Å². The van der Waals surface area contributed by atoms with E-state index in [0.717, 1.165) is 19.5 Å². The van der Waals surface area contributed by atoms with Gasteiger partial charge in [0.2, 0.25) is 10.0 Å². The van der Waals surface area contributed by atoms with Gasteiger partial charge in [-0.1, -0.05) is 24.3 Å². The SMILES string of the molecule is NS(=O)(=O)CCCNC1CCNCc2ccccc21. The molecule has 0 fully saturated rings. The molecule has 0 amide bonds. The minimum Gasteiger partial charge on any atom is -0.313 e. The van der Waals surface area contributed by atoms with Gasteiger partial charge in [0.25, 0.3) is 0 Å². The third kappa shape index (κ3) is 4.58. The Morgan fingerprint density at radius 3 is 2.95 bits per heavy atom. The molecule has 0 saturated carbocycles. The molecular formula is C13H21N3O2S. The van der Waals surface area contributed by atoms with Crippen LogP contribution in [0.3, 0.4) is 0 Å². The van der Waals surface area contributed by atoms with Crippen LogP contribution in [0.15, 0.2) is 24.3 Å². The molecule has 0 bridgehead atoms. The highest BCUT2D eigenvalue weighted by Crippen LogP contribution is 2.23. The zero-order chi connectivity index (χ0) is 13.7. The number of nitrogens with two attached hydrogens (primary N) is 1. The summed E-state index contributed by atoms with van der Waals surface area (Å²) in [5.41, 5.74) is 2.62. The number of hydrogen-bond acceptors (Lipinski definition) is 4. The lowest BCUT2D eigenvalue weighted by Crippen LogP contribution is -2.26. The first kappa shape index (κ1) is 14.5. The van der Waals surface area contributed by atoms with Gasteiger partial charge in [-0.05, 0) is 37.1 Å². The largest absolute Gasteiger partial charge is 0.313 e. The van der Waals surface area contributed by atoms with Crippen LogP contribution in [0.1, 0.15) is 30.0 Å². The molecule has 4 N–H and O–H groups in total. The second-order valence-corrected chi connectivity index (χ2v) is 6.63. The van der Waals surface area contributed by atoms with Gasteiger partial charge in [-0.2, -0.15) is 0 Å². The Morgan fingerprint density at radius 2 is 2.16 bits per heavy atom. The smallest absolute Gasteiger partial charge is 0.209 e. The summed E-state index contributed by atoms with van der Waals surface area (Å²) in [5.74, 6) is 0.0343. The molecule has 5 nitrogen and oxygen atoms in total. The van der Waals surface area contributed by atoms with Gasteiger partial charge in [-0.3, -0.25) is 0 Å². The van der Waals surface area contributed by atoms with Gasteiger partial charge >= 0.3 is 0 Å². The monoisotopic (exact) mass is 283 g/mol. The van der Waals surface area contributed by atoms with Gasteiger partial charge in [0, 0.05) is 12.6 Å². The van der Waals surface area contributed by atoms with Crippen LogP contribution in [0.2, 0.25) is 0 Å². The van der Waals surface area contributed by atoms with Crippen molar-refractivity contribution in [2.24, 2.45) is 5.14 Å². The lowest BCUT2D eigenvalue weighted by molar-refractivity contribution is 0.495. The number of fused-ring (bicyclic) bond motifs is 1. The number of sulfonamides is 1. The van der Waals surface area contributed by atoms with E-state index in [9.17, 15) is 8.42 Å². The van der Waals surface area contributed by atoms with E-state index in [4.69, 9.17) is 5.14 Å². The summed E-state index contributed by atoms with van der Waals surface area (Å²) in [6.07, 6.45) is 1.55. The lowest BCUT2D eigenvalue weighted by Gasteiger charge is -2.18. The first-order valence-electron chi connectivity index (χ1n) is 6.58. The number of benzene rings is 1. The zero-order valence-corrected chi connectivity index (χ0v) is 11.7. The summed E-state index contributed by atoms with van der Waals surface area (Å²) in [6, 6.07) is 8.64.